The van der Waals surface area contributed by atoms with E-state index >= 15 is 0 Å². The minimum Gasteiger partial charge on any atom is -0.392 e. The molecule has 0 amide bonds. The van der Waals surface area contributed by atoms with Crippen LogP contribution in [0.2, 0.25) is 0 Å². The largest absolute Gasteiger partial charge is 0.392 e. The van der Waals surface area contributed by atoms with E-state index in [0.29, 0.717) is 6.54 Å². The molecule has 0 saturated heterocycles. The third-order valence-electron chi connectivity index (χ3n) is 1.94. The van der Waals surface area contributed by atoms with Crippen LogP contribution in [0.25, 0.3) is 0 Å². The van der Waals surface area contributed by atoms with Crippen LogP contribution < -0.4 is 5.32 Å². The molecule has 1 atom stereocenters. The number of hydrogen-bond acceptors (Lipinski definition) is 3. The zero-order valence-corrected chi connectivity index (χ0v) is 8.40. The van der Waals surface area contributed by atoms with Crippen molar-refractivity contribution in [1.82, 2.24) is 5.32 Å². The first-order valence-electron chi connectivity index (χ1n) is 4.80. The Morgan fingerprint density at radius 2 is 2.07 bits per heavy atom. The van der Waals surface area contributed by atoms with Crippen molar-refractivity contribution in [1.29, 1.82) is 0 Å². The Bertz CT molecular complexity index is 274. The van der Waals surface area contributed by atoms with E-state index in [1.807, 2.05) is 24.3 Å². The highest BCUT2D eigenvalue weighted by molar-refractivity contribution is 5.22. The Morgan fingerprint density at radius 1 is 1.36 bits per heavy atom. The average molecular weight is 195 g/mol. The van der Waals surface area contributed by atoms with E-state index in [-0.39, 0.29) is 12.7 Å². The van der Waals surface area contributed by atoms with Crippen LogP contribution in [0.5, 0.6) is 0 Å². The minimum atomic E-state index is -0.323. The smallest absolute Gasteiger partial charge is 0.0681 e. The van der Waals surface area contributed by atoms with E-state index < -0.39 is 0 Å². The van der Waals surface area contributed by atoms with Gasteiger partial charge in [-0.25, -0.2) is 0 Å². The highest BCUT2D eigenvalue weighted by Crippen LogP contribution is 2.04. The molecule has 0 bridgehead atoms. The molecular weight excluding hydrogens is 178 g/mol. The van der Waals surface area contributed by atoms with Crippen molar-refractivity contribution in [3.63, 3.8) is 0 Å². The molecule has 0 spiro atoms. The van der Waals surface area contributed by atoms with Crippen molar-refractivity contribution >= 4 is 0 Å². The Morgan fingerprint density at radius 3 is 2.71 bits per heavy atom. The number of aliphatic hydroxyl groups excluding tert-OH is 2. The van der Waals surface area contributed by atoms with Crippen LogP contribution in [0.4, 0.5) is 0 Å². The molecule has 0 aliphatic rings. The van der Waals surface area contributed by atoms with Crippen molar-refractivity contribution in [2.45, 2.75) is 26.2 Å². The lowest BCUT2D eigenvalue weighted by Gasteiger charge is -2.07. The molecule has 1 rings (SSSR count). The van der Waals surface area contributed by atoms with Crippen LogP contribution in [0.15, 0.2) is 24.3 Å². The summed E-state index contributed by atoms with van der Waals surface area (Å²) in [6, 6.07) is 7.76. The van der Waals surface area contributed by atoms with E-state index in [0.717, 1.165) is 17.7 Å². The summed E-state index contributed by atoms with van der Waals surface area (Å²) < 4.78 is 0. The van der Waals surface area contributed by atoms with Gasteiger partial charge < -0.3 is 15.5 Å². The fraction of sp³-hybridized carbons (Fsp3) is 0.455. The summed E-state index contributed by atoms with van der Waals surface area (Å²) in [5.41, 5.74) is 2.04. The fourth-order valence-corrected chi connectivity index (χ4v) is 1.26. The van der Waals surface area contributed by atoms with Gasteiger partial charge in [0.1, 0.15) is 0 Å². The van der Waals surface area contributed by atoms with Crippen LogP contribution in [0, 0.1) is 0 Å². The SMILES string of the molecule is C[C@H](O)CNCc1cccc(CO)c1. The third kappa shape index (κ3) is 3.87. The molecule has 3 nitrogen and oxygen atoms in total. The molecule has 3 N–H and O–H groups in total. The van der Waals surface area contributed by atoms with E-state index in [2.05, 4.69) is 5.32 Å². The maximum absolute atomic E-state index is 9.03. The lowest BCUT2D eigenvalue weighted by Crippen LogP contribution is -2.23. The van der Waals surface area contributed by atoms with Crippen molar-refractivity contribution in [2.24, 2.45) is 0 Å². The van der Waals surface area contributed by atoms with Gasteiger partial charge in [-0.15, -0.1) is 0 Å². The van der Waals surface area contributed by atoms with E-state index in [9.17, 15) is 0 Å². The summed E-state index contributed by atoms with van der Waals surface area (Å²) in [5, 5.41) is 21.1. The normalized spacial score (nSPS) is 12.8. The lowest BCUT2D eigenvalue weighted by molar-refractivity contribution is 0.191. The number of hydrogen-bond donors (Lipinski definition) is 3. The molecule has 0 heterocycles. The van der Waals surface area contributed by atoms with E-state index in [4.69, 9.17) is 10.2 Å². The molecule has 1 aromatic rings. The number of rotatable bonds is 5. The van der Waals surface area contributed by atoms with Crippen molar-refractivity contribution < 1.29 is 10.2 Å². The van der Waals surface area contributed by atoms with E-state index in [1.165, 1.54) is 0 Å². The molecule has 78 valence electrons. The standard InChI is InChI=1S/C11H17NO2/c1-9(14)6-12-7-10-3-2-4-11(5-10)8-13/h2-5,9,12-14H,6-8H2,1H3/t9-/m0/s1. The van der Waals surface area contributed by atoms with Crippen molar-refractivity contribution in [2.75, 3.05) is 6.54 Å². The first-order valence-corrected chi connectivity index (χ1v) is 4.80. The maximum Gasteiger partial charge on any atom is 0.0681 e. The number of benzene rings is 1. The summed E-state index contributed by atoms with van der Waals surface area (Å²) >= 11 is 0. The number of aliphatic hydroxyl groups is 2. The second kappa shape index (κ2) is 5.75. The molecule has 3 heteroatoms. The van der Waals surface area contributed by atoms with Crippen LogP contribution in [-0.2, 0) is 13.2 Å². The molecule has 1 aromatic carbocycles. The van der Waals surface area contributed by atoms with Crippen molar-refractivity contribution in [3.8, 4) is 0 Å². The van der Waals surface area contributed by atoms with Gasteiger partial charge in [0.05, 0.1) is 12.7 Å². The molecule has 14 heavy (non-hydrogen) atoms. The Hall–Kier alpha value is -0.900. The first-order chi connectivity index (χ1) is 6.72. The first kappa shape index (κ1) is 11.2. The highest BCUT2D eigenvalue weighted by atomic mass is 16.3. The van der Waals surface area contributed by atoms with Gasteiger partial charge in [0.2, 0.25) is 0 Å². The van der Waals surface area contributed by atoms with Crippen LogP contribution in [0.1, 0.15) is 18.1 Å². The molecule has 0 radical (unpaired) electrons. The predicted molar refractivity (Wildman–Crippen MR) is 55.8 cm³/mol. The quantitative estimate of drug-likeness (QED) is 0.646. The van der Waals surface area contributed by atoms with Gasteiger partial charge in [-0.2, -0.15) is 0 Å². The van der Waals surface area contributed by atoms with Crippen LogP contribution in [-0.4, -0.2) is 22.9 Å². The Labute approximate surface area is 84.4 Å². The van der Waals surface area contributed by atoms with Crippen molar-refractivity contribution in [3.05, 3.63) is 35.4 Å². The fourth-order valence-electron chi connectivity index (χ4n) is 1.26. The van der Waals surface area contributed by atoms with Gasteiger partial charge in [-0.3, -0.25) is 0 Å². The second-order valence-corrected chi connectivity index (χ2v) is 3.46. The molecule has 0 aliphatic heterocycles. The zero-order valence-electron chi connectivity index (χ0n) is 8.40. The van der Waals surface area contributed by atoms with E-state index in [1.54, 1.807) is 6.92 Å². The monoisotopic (exact) mass is 195 g/mol. The second-order valence-electron chi connectivity index (χ2n) is 3.46. The summed E-state index contributed by atoms with van der Waals surface area (Å²) in [6.07, 6.45) is -0.323. The van der Waals surface area contributed by atoms with Gasteiger partial charge in [0.15, 0.2) is 0 Å². The lowest BCUT2D eigenvalue weighted by atomic mass is 10.1. The van der Waals surface area contributed by atoms with Gasteiger partial charge in [-0.1, -0.05) is 24.3 Å². The van der Waals surface area contributed by atoms with Gasteiger partial charge in [-0.05, 0) is 18.1 Å². The molecular formula is C11H17NO2. The van der Waals surface area contributed by atoms with Crippen LogP contribution >= 0.6 is 0 Å². The molecule has 0 aliphatic carbocycles. The van der Waals surface area contributed by atoms with Gasteiger partial charge in [0, 0.05) is 13.1 Å². The third-order valence-corrected chi connectivity index (χ3v) is 1.94. The number of nitrogens with one attached hydrogen (secondary N) is 1. The molecule has 0 aromatic heterocycles. The Kier molecular flexibility index (Phi) is 4.59. The summed E-state index contributed by atoms with van der Waals surface area (Å²) in [4.78, 5) is 0. The van der Waals surface area contributed by atoms with Crippen LogP contribution in [0.3, 0.4) is 0 Å². The molecule has 0 unspecified atom stereocenters. The highest BCUT2D eigenvalue weighted by Gasteiger charge is 1.97. The average Bonchev–Trinajstić information content (AvgIpc) is 2.18. The predicted octanol–water partition coefficient (Wildman–Crippen LogP) is 0.649. The summed E-state index contributed by atoms with van der Waals surface area (Å²) in [5.74, 6) is 0. The Balaban J connectivity index is 2.42. The maximum atomic E-state index is 9.03. The summed E-state index contributed by atoms with van der Waals surface area (Å²) in [7, 11) is 0. The zero-order chi connectivity index (χ0) is 10.4. The summed E-state index contributed by atoms with van der Waals surface area (Å²) in [6.45, 7) is 3.13. The van der Waals surface area contributed by atoms with Gasteiger partial charge in [0.25, 0.3) is 0 Å². The molecule has 0 saturated carbocycles. The minimum absolute atomic E-state index is 0.0737. The topological polar surface area (TPSA) is 52.5 Å². The van der Waals surface area contributed by atoms with Gasteiger partial charge >= 0.3 is 0 Å². The molecule has 0 fully saturated rings.